The maximum atomic E-state index is 12.4. The van der Waals surface area contributed by atoms with Crippen molar-refractivity contribution in [2.24, 2.45) is 0 Å². The average molecular weight is 663 g/mol. The van der Waals surface area contributed by atoms with E-state index in [4.69, 9.17) is 28.4 Å². The molecule has 6 aliphatic heterocycles. The molecule has 2 saturated heterocycles. The molecule has 10 rings (SSSR count). The van der Waals surface area contributed by atoms with E-state index in [9.17, 15) is 30.0 Å². The Bertz CT molecular complexity index is 1710. The van der Waals surface area contributed by atoms with Crippen LogP contribution in [-0.2, 0) is 20.7 Å². The summed E-state index contributed by atoms with van der Waals surface area (Å²) in [5.74, 6) is 0.743. The zero-order valence-electron chi connectivity index (χ0n) is 26.1. The fraction of sp³-hybridized carbons (Fsp3) is 0.471. The number of hydrogen-bond acceptors (Lipinski definition) is 14. The zero-order chi connectivity index (χ0) is 33.3. The first kappa shape index (κ1) is 29.9. The highest BCUT2D eigenvalue weighted by Crippen LogP contribution is 2.53. The molecular weight excluding hydrogens is 628 g/mol. The van der Waals surface area contributed by atoms with Gasteiger partial charge >= 0.3 is 11.9 Å². The monoisotopic (exact) mass is 662 g/mol. The van der Waals surface area contributed by atoms with Crippen LogP contribution in [0, 0.1) is 0 Å². The first-order valence-corrected chi connectivity index (χ1v) is 15.9. The van der Waals surface area contributed by atoms with Crippen LogP contribution in [0.2, 0.25) is 0 Å². The fourth-order valence-corrected chi connectivity index (χ4v) is 8.90. The highest BCUT2D eigenvalue weighted by atomic mass is 16.7. The van der Waals surface area contributed by atoms with Crippen molar-refractivity contribution in [3.05, 3.63) is 69.8 Å². The van der Waals surface area contributed by atoms with Gasteiger partial charge in [0.05, 0.1) is 23.2 Å². The number of carbonyl (C=O) groups is 2. The molecule has 0 saturated carbocycles. The van der Waals surface area contributed by atoms with E-state index in [0.717, 1.165) is 37.1 Å². The van der Waals surface area contributed by atoms with Crippen LogP contribution < -0.4 is 18.9 Å². The van der Waals surface area contributed by atoms with Crippen molar-refractivity contribution in [1.82, 2.24) is 9.80 Å². The van der Waals surface area contributed by atoms with Gasteiger partial charge in [-0.15, -0.1) is 0 Å². The molecule has 4 N–H and O–H groups in total. The maximum Gasteiger partial charge on any atom is 0.339 e. The molecule has 2 aromatic rings. The second-order valence-corrected chi connectivity index (χ2v) is 13.5. The van der Waals surface area contributed by atoms with Gasteiger partial charge in [-0.25, -0.2) is 9.59 Å². The highest BCUT2D eigenvalue weighted by molar-refractivity contribution is 5.95. The van der Waals surface area contributed by atoms with E-state index in [-0.39, 0.29) is 36.8 Å². The second kappa shape index (κ2) is 10.2. The number of ether oxygens (including phenoxy) is 6. The van der Waals surface area contributed by atoms with Crippen molar-refractivity contribution < 1.29 is 58.4 Å². The van der Waals surface area contributed by atoms with E-state index in [2.05, 4.69) is 0 Å². The summed E-state index contributed by atoms with van der Waals surface area (Å²) in [7, 11) is 3.84. The van der Waals surface area contributed by atoms with E-state index < -0.39 is 47.6 Å². The van der Waals surface area contributed by atoms with Gasteiger partial charge in [-0.1, -0.05) is 12.2 Å². The molecule has 2 aromatic carbocycles. The summed E-state index contributed by atoms with van der Waals surface area (Å²) in [6.45, 7) is 1.69. The molecule has 2 aliphatic carbocycles. The van der Waals surface area contributed by atoms with Crippen molar-refractivity contribution in [2.75, 3.05) is 40.8 Å². The van der Waals surface area contributed by atoms with Gasteiger partial charge in [-0.3, -0.25) is 9.80 Å². The summed E-state index contributed by atoms with van der Waals surface area (Å²) in [6.07, 6.45) is 0.754. The first-order chi connectivity index (χ1) is 23.0. The van der Waals surface area contributed by atoms with Gasteiger partial charge in [0.1, 0.15) is 23.4 Å². The Morgan fingerprint density at radius 1 is 0.646 bits per heavy atom. The number of aliphatic hydroxyl groups excluding tert-OH is 2. The lowest BCUT2D eigenvalue weighted by atomic mass is 9.70. The number of benzene rings is 2. The third-order valence-electron chi connectivity index (χ3n) is 11.0. The molecule has 6 heterocycles. The van der Waals surface area contributed by atoms with E-state index in [1.807, 2.05) is 23.9 Å². The van der Waals surface area contributed by atoms with Crippen molar-refractivity contribution >= 4 is 11.9 Å². The van der Waals surface area contributed by atoms with Crippen LogP contribution in [0.5, 0.6) is 23.0 Å². The van der Waals surface area contributed by atoms with Crippen LogP contribution in [0.15, 0.2) is 47.6 Å². The number of likely N-dealkylation sites (N-methyl/N-ethyl adjacent to an activating group) is 2. The van der Waals surface area contributed by atoms with E-state index in [1.54, 1.807) is 36.4 Å². The summed E-state index contributed by atoms with van der Waals surface area (Å²) in [4.78, 5) is 28.9. The summed E-state index contributed by atoms with van der Waals surface area (Å²) in [5, 5.41) is 44.3. The van der Waals surface area contributed by atoms with Crippen LogP contribution in [0.25, 0.3) is 0 Å². The number of likely N-dealkylation sites (tertiary alicyclic amines) is 2. The summed E-state index contributed by atoms with van der Waals surface area (Å²) >= 11 is 0. The number of nitrogens with zero attached hydrogens (tertiary/aromatic N) is 2. The number of esters is 2. The quantitative estimate of drug-likeness (QED) is 0.224. The average Bonchev–Trinajstić information content (AvgIpc) is 3.86. The van der Waals surface area contributed by atoms with Gasteiger partial charge < -0.3 is 48.8 Å². The zero-order valence-corrected chi connectivity index (χ0v) is 26.1. The summed E-state index contributed by atoms with van der Waals surface area (Å²) in [5.41, 5.74) is 0.236. The molecule has 2 fully saturated rings. The van der Waals surface area contributed by atoms with Gasteiger partial charge in [0.15, 0.2) is 35.2 Å². The SMILES string of the molecule is CN1CCC2=C[C@H](O)[C@H]3OC(=O)c4cc5c(cc4[C@@]3(O)[C@@H]21)OCO5.CN1CCC2=C[C@H](O)[C@H]3OC(=O)c4cc5c(cc4[C@@]3(O)[C@@H]21)OCO5. The number of aliphatic hydroxyl groups is 4. The first-order valence-electron chi connectivity index (χ1n) is 15.9. The van der Waals surface area contributed by atoms with Crippen LogP contribution >= 0.6 is 0 Å². The molecule has 48 heavy (non-hydrogen) atoms. The van der Waals surface area contributed by atoms with Gasteiger partial charge in [0.2, 0.25) is 13.6 Å². The van der Waals surface area contributed by atoms with Crippen LogP contribution in [0.4, 0.5) is 0 Å². The lowest BCUT2D eigenvalue weighted by Gasteiger charge is -2.49. The maximum absolute atomic E-state index is 12.4. The third-order valence-corrected chi connectivity index (χ3v) is 11.0. The molecule has 0 radical (unpaired) electrons. The molecule has 0 spiro atoms. The number of carbonyl (C=O) groups excluding carboxylic acids is 2. The largest absolute Gasteiger partial charge is 0.454 e. The van der Waals surface area contributed by atoms with Crippen LogP contribution in [-0.4, -0.2) is 119 Å². The molecule has 14 heteroatoms. The van der Waals surface area contributed by atoms with Crippen molar-refractivity contribution in [3.63, 3.8) is 0 Å². The minimum absolute atomic E-state index is 0.0756. The van der Waals surface area contributed by atoms with Gasteiger partial charge in [-0.05, 0) is 62.3 Å². The summed E-state index contributed by atoms with van der Waals surface area (Å²) < 4.78 is 32.4. The Morgan fingerprint density at radius 2 is 1.02 bits per heavy atom. The fourth-order valence-electron chi connectivity index (χ4n) is 8.90. The molecular formula is C34H34N2O12. The molecule has 252 valence electrons. The number of fused-ring (bicyclic) bond motifs is 12. The minimum Gasteiger partial charge on any atom is -0.454 e. The Hall–Kier alpha value is -4.18. The number of hydrogen-bond donors (Lipinski definition) is 4. The lowest BCUT2D eigenvalue weighted by molar-refractivity contribution is -0.162. The predicted molar refractivity (Wildman–Crippen MR) is 162 cm³/mol. The molecule has 8 atom stereocenters. The molecule has 0 amide bonds. The van der Waals surface area contributed by atoms with Crippen molar-refractivity contribution in [1.29, 1.82) is 0 Å². The number of rotatable bonds is 0. The summed E-state index contributed by atoms with van der Waals surface area (Å²) in [6, 6.07) is 5.69. The van der Waals surface area contributed by atoms with Crippen LogP contribution in [0.3, 0.4) is 0 Å². The third kappa shape index (κ3) is 3.89. The lowest BCUT2D eigenvalue weighted by Crippen LogP contribution is -2.63. The Kier molecular flexibility index (Phi) is 6.34. The Balaban J connectivity index is 0.000000131. The van der Waals surface area contributed by atoms with Crippen LogP contribution in [0.1, 0.15) is 44.7 Å². The molecule has 8 aliphatic rings. The van der Waals surface area contributed by atoms with Gasteiger partial charge in [-0.2, -0.15) is 0 Å². The molecule has 0 unspecified atom stereocenters. The molecule has 14 nitrogen and oxygen atoms in total. The Morgan fingerprint density at radius 3 is 1.42 bits per heavy atom. The Labute approximate surface area is 274 Å². The van der Waals surface area contributed by atoms with E-state index in [0.29, 0.717) is 34.1 Å². The normalized spacial score (nSPS) is 36.5. The standard InChI is InChI=1S/2C17H17NO6/c2*1-18-3-2-8-4-11(19)15-17(21,14(8)18)10-6-13-12(22-7-23-13)5-9(10)16(20)24-15/h2*4-6,11,14-15,19,21H,2-3,7H2,1H3/t2*11-,14+,15+,17+/m00/s1. The smallest absolute Gasteiger partial charge is 0.339 e. The van der Waals surface area contributed by atoms with Crippen molar-refractivity contribution in [2.45, 2.75) is 60.5 Å². The highest BCUT2D eigenvalue weighted by Gasteiger charge is 2.62. The predicted octanol–water partition coefficient (Wildman–Crippen LogP) is 0.294. The topological polar surface area (TPSA) is 177 Å². The minimum atomic E-state index is -1.53. The molecule has 0 aromatic heterocycles. The van der Waals surface area contributed by atoms with Gasteiger partial charge in [0, 0.05) is 24.2 Å². The van der Waals surface area contributed by atoms with Gasteiger partial charge in [0.25, 0.3) is 0 Å². The van der Waals surface area contributed by atoms with E-state index in [1.165, 1.54) is 0 Å². The molecule has 0 bridgehead atoms. The van der Waals surface area contributed by atoms with E-state index >= 15 is 0 Å². The second-order valence-electron chi connectivity index (χ2n) is 13.5. The van der Waals surface area contributed by atoms with Crippen molar-refractivity contribution in [3.8, 4) is 23.0 Å².